The van der Waals surface area contributed by atoms with Gasteiger partial charge in [0.2, 0.25) is 5.88 Å². The van der Waals surface area contributed by atoms with E-state index in [2.05, 4.69) is 14.7 Å². The van der Waals surface area contributed by atoms with Gasteiger partial charge in [-0.2, -0.15) is 0 Å². The van der Waals surface area contributed by atoms with Crippen molar-refractivity contribution in [3.8, 4) is 11.6 Å². The lowest BCUT2D eigenvalue weighted by atomic mass is 10.3. The minimum absolute atomic E-state index is 0.396. The fourth-order valence-corrected chi connectivity index (χ4v) is 3.12. The number of ether oxygens (including phenoxy) is 1. The number of anilines is 1. The molecule has 1 aromatic carbocycles. The minimum Gasteiger partial charge on any atom is -0.435 e. The van der Waals surface area contributed by atoms with Crippen LogP contribution in [0.3, 0.4) is 0 Å². The highest BCUT2D eigenvalue weighted by Crippen LogP contribution is 2.34. The molecule has 0 aliphatic heterocycles. The van der Waals surface area contributed by atoms with Crippen molar-refractivity contribution in [2.24, 2.45) is 0 Å². The molecular weight excluding hydrogens is 401 g/mol. The van der Waals surface area contributed by atoms with Crippen LogP contribution < -0.4 is 9.46 Å². The number of aromatic nitrogens is 2. The van der Waals surface area contributed by atoms with E-state index in [1.807, 2.05) is 19.1 Å². The first-order chi connectivity index (χ1) is 12.0. The Hall–Kier alpha value is -1.66. The highest BCUT2D eigenvalue weighted by atomic mass is 35.5. The second-order valence-electron chi connectivity index (χ2n) is 4.98. The summed E-state index contributed by atoms with van der Waals surface area (Å²) >= 11 is 19.4. The zero-order chi connectivity index (χ0) is 17.8. The molecule has 0 amide bonds. The molecule has 0 aliphatic rings. The molecule has 0 saturated carbocycles. The van der Waals surface area contributed by atoms with Gasteiger partial charge >= 0.3 is 0 Å². The molecule has 1 N–H and O–H groups in total. The number of rotatable bonds is 5. The highest BCUT2D eigenvalue weighted by molar-refractivity contribution is 8.00. The number of nitrogens with zero attached hydrogens (tertiary/aromatic N) is 2. The molecule has 2 aromatic heterocycles. The van der Waals surface area contributed by atoms with Crippen LogP contribution in [0.5, 0.6) is 11.6 Å². The Morgan fingerprint density at radius 1 is 1.04 bits per heavy atom. The molecule has 0 saturated heterocycles. The van der Waals surface area contributed by atoms with E-state index in [1.165, 1.54) is 18.1 Å². The van der Waals surface area contributed by atoms with Crippen LogP contribution in [0, 0.1) is 6.92 Å². The fourth-order valence-electron chi connectivity index (χ4n) is 1.92. The maximum absolute atomic E-state index is 6.06. The summed E-state index contributed by atoms with van der Waals surface area (Å²) in [5.74, 6) is 1.02. The summed E-state index contributed by atoms with van der Waals surface area (Å²) in [5, 5.41) is 1.49. The predicted octanol–water partition coefficient (Wildman–Crippen LogP) is 6.66. The van der Waals surface area contributed by atoms with E-state index >= 15 is 0 Å². The van der Waals surface area contributed by atoms with Crippen LogP contribution in [0.1, 0.15) is 5.69 Å². The topological polar surface area (TPSA) is 47.0 Å². The predicted molar refractivity (Wildman–Crippen MR) is 104 cm³/mol. The molecule has 0 radical (unpaired) electrons. The Morgan fingerprint density at radius 2 is 1.88 bits per heavy atom. The highest BCUT2D eigenvalue weighted by Gasteiger charge is 2.11. The van der Waals surface area contributed by atoms with Gasteiger partial charge in [0.1, 0.15) is 5.69 Å². The Balaban J connectivity index is 1.81. The lowest BCUT2D eigenvalue weighted by molar-refractivity contribution is 0.459. The number of hydrogen-bond donors (Lipinski definition) is 1. The maximum Gasteiger partial charge on any atom is 0.243 e. The molecule has 128 valence electrons. The van der Waals surface area contributed by atoms with Crippen molar-refractivity contribution in [3.05, 3.63) is 69.6 Å². The van der Waals surface area contributed by atoms with Gasteiger partial charge in [0, 0.05) is 17.3 Å². The average Bonchev–Trinajstić information content (AvgIpc) is 2.60. The summed E-state index contributed by atoms with van der Waals surface area (Å²) in [4.78, 5) is 9.34. The van der Waals surface area contributed by atoms with E-state index in [-0.39, 0.29) is 0 Å². The van der Waals surface area contributed by atoms with Gasteiger partial charge in [-0.3, -0.25) is 4.98 Å². The molecule has 0 bridgehead atoms. The molecule has 0 atom stereocenters. The van der Waals surface area contributed by atoms with Gasteiger partial charge < -0.3 is 9.46 Å². The standard InChI is InChI=1S/C17H12Cl3N3OS/c1-10-16(3-2-6-21-10)24-17-15(7-11(18)9-22-17)23-25-12-4-5-13(19)14(20)8-12/h2-9,23H,1H3. The molecule has 8 heteroatoms. The third-order valence-corrected chi connectivity index (χ3v) is 4.91. The van der Waals surface area contributed by atoms with Crippen LogP contribution in [0.25, 0.3) is 0 Å². The first-order valence-electron chi connectivity index (χ1n) is 7.16. The van der Waals surface area contributed by atoms with E-state index < -0.39 is 0 Å². The second kappa shape index (κ2) is 8.15. The van der Waals surface area contributed by atoms with Crippen molar-refractivity contribution in [1.29, 1.82) is 0 Å². The molecule has 4 nitrogen and oxygen atoms in total. The van der Waals surface area contributed by atoms with E-state index in [0.29, 0.717) is 32.4 Å². The molecule has 3 aromatic rings. The van der Waals surface area contributed by atoms with Crippen LogP contribution in [0.2, 0.25) is 15.1 Å². The Labute approximate surface area is 164 Å². The van der Waals surface area contributed by atoms with Gasteiger partial charge in [0.05, 0.1) is 20.8 Å². The van der Waals surface area contributed by atoms with Gasteiger partial charge in [0.25, 0.3) is 0 Å². The van der Waals surface area contributed by atoms with Crippen molar-refractivity contribution in [2.75, 3.05) is 4.72 Å². The Bertz CT molecular complexity index is 908. The lowest BCUT2D eigenvalue weighted by Gasteiger charge is -2.13. The van der Waals surface area contributed by atoms with Crippen LogP contribution in [0.15, 0.2) is 53.7 Å². The monoisotopic (exact) mass is 411 g/mol. The van der Waals surface area contributed by atoms with E-state index in [1.54, 1.807) is 30.5 Å². The van der Waals surface area contributed by atoms with Crippen LogP contribution in [-0.4, -0.2) is 9.97 Å². The summed E-state index contributed by atoms with van der Waals surface area (Å²) in [6, 6.07) is 10.7. The molecule has 0 fully saturated rings. The molecule has 3 rings (SSSR count). The quantitative estimate of drug-likeness (QED) is 0.475. The number of benzene rings is 1. The van der Waals surface area contributed by atoms with Gasteiger partial charge in [-0.15, -0.1) is 0 Å². The Morgan fingerprint density at radius 3 is 2.64 bits per heavy atom. The second-order valence-corrected chi connectivity index (χ2v) is 7.11. The Kier molecular flexibility index (Phi) is 5.91. The molecule has 0 aliphatic carbocycles. The number of nitrogens with one attached hydrogen (secondary N) is 1. The number of hydrogen-bond acceptors (Lipinski definition) is 5. The molecule has 2 heterocycles. The molecule has 0 unspecified atom stereocenters. The molecule has 25 heavy (non-hydrogen) atoms. The van der Waals surface area contributed by atoms with Gasteiger partial charge in [-0.1, -0.05) is 34.8 Å². The van der Waals surface area contributed by atoms with Crippen LogP contribution in [0.4, 0.5) is 5.69 Å². The summed E-state index contributed by atoms with van der Waals surface area (Å²) in [6.07, 6.45) is 3.23. The summed E-state index contributed by atoms with van der Waals surface area (Å²) in [7, 11) is 0. The van der Waals surface area contributed by atoms with Crippen molar-refractivity contribution in [2.45, 2.75) is 11.8 Å². The smallest absolute Gasteiger partial charge is 0.243 e. The first-order valence-corrected chi connectivity index (χ1v) is 9.11. The summed E-state index contributed by atoms with van der Waals surface area (Å²) in [5.41, 5.74) is 1.40. The zero-order valence-electron chi connectivity index (χ0n) is 13.0. The third-order valence-electron chi connectivity index (χ3n) is 3.15. The van der Waals surface area contributed by atoms with E-state index in [0.717, 1.165) is 10.6 Å². The number of aryl methyl sites for hydroxylation is 1. The van der Waals surface area contributed by atoms with Crippen molar-refractivity contribution in [1.82, 2.24) is 9.97 Å². The van der Waals surface area contributed by atoms with Gasteiger partial charge in [-0.05, 0) is 55.3 Å². The van der Waals surface area contributed by atoms with E-state index in [9.17, 15) is 0 Å². The average molecular weight is 413 g/mol. The third kappa shape index (κ3) is 4.70. The summed E-state index contributed by atoms with van der Waals surface area (Å²) < 4.78 is 9.05. The van der Waals surface area contributed by atoms with E-state index in [4.69, 9.17) is 39.5 Å². The summed E-state index contributed by atoms with van der Waals surface area (Å²) in [6.45, 7) is 1.86. The fraction of sp³-hybridized carbons (Fsp3) is 0.0588. The van der Waals surface area contributed by atoms with Crippen molar-refractivity contribution >= 4 is 52.4 Å². The van der Waals surface area contributed by atoms with Crippen molar-refractivity contribution < 1.29 is 4.74 Å². The van der Waals surface area contributed by atoms with Gasteiger partial charge in [0.15, 0.2) is 5.75 Å². The van der Waals surface area contributed by atoms with Crippen molar-refractivity contribution in [3.63, 3.8) is 0 Å². The van der Waals surface area contributed by atoms with Crippen LogP contribution >= 0.6 is 46.8 Å². The number of pyridine rings is 2. The largest absolute Gasteiger partial charge is 0.435 e. The first kappa shape index (κ1) is 18.1. The van der Waals surface area contributed by atoms with Crippen LogP contribution in [-0.2, 0) is 0 Å². The minimum atomic E-state index is 0.396. The zero-order valence-corrected chi connectivity index (χ0v) is 16.0. The van der Waals surface area contributed by atoms with Gasteiger partial charge in [-0.25, -0.2) is 4.98 Å². The molecule has 0 spiro atoms. The molecular formula is C17H12Cl3N3OS. The lowest BCUT2D eigenvalue weighted by Crippen LogP contribution is -1.97. The maximum atomic E-state index is 6.06. The normalized spacial score (nSPS) is 10.6. The number of halogens is 3. The SMILES string of the molecule is Cc1ncccc1Oc1ncc(Cl)cc1NSc1ccc(Cl)c(Cl)c1.